The highest BCUT2D eigenvalue weighted by molar-refractivity contribution is 6.30. The first kappa shape index (κ1) is 15.7. The molecule has 0 aromatic heterocycles. The van der Waals surface area contributed by atoms with E-state index in [0.717, 1.165) is 0 Å². The number of likely N-dealkylation sites (N-methyl/N-ethyl adjacent to an activating group) is 1. The van der Waals surface area contributed by atoms with E-state index in [1.165, 1.54) is 0 Å². The van der Waals surface area contributed by atoms with E-state index >= 15 is 0 Å². The molecule has 0 spiro atoms. The van der Waals surface area contributed by atoms with Crippen molar-refractivity contribution in [3.63, 3.8) is 0 Å². The predicted molar refractivity (Wildman–Crippen MR) is 76.5 cm³/mol. The highest BCUT2D eigenvalue weighted by atomic mass is 35.5. The number of nitrogens with one attached hydrogen (secondary N) is 1. The molecule has 19 heavy (non-hydrogen) atoms. The van der Waals surface area contributed by atoms with Gasteiger partial charge in [-0.3, -0.25) is 14.5 Å². The lowest BCUT2D eigenvalue weighted by atomic mass is 10.1. The van der Waals surface area contributed by atoms with Crippen LogP contribution < -0.4 is 5.32 Å². The summed E-state index contributed by atoms with van der Waals surface area (Å²) in [7, 11) is 3.44. The maximum atomic E-state index is 12.0. The number of ketones is 1. The Morgan fingerprint density at radius 2 is 1.89 bits per heavy atom. The molecule has 104 valence electrons. The Bertz CT molecular complexity index is 445. The van der Waals surface area contributed by atoms with Gasteiger partial charge in [0.25, 0.3) is 0 Å². The highest BCUT2D eigenvalue weighted by Crippen LogP contribution is 2.10. The van der Waals surface area contributed by atoms with Crippen LogP contribution in [0, 0.1) is 5.92 Å². The van der Waals surface area contributed by atoms with Crippen molar-refractivity contribution in [3.8, 4) is 0 Å². The monoisotopic (exact) mass is 282 g/mol. The summed E-state index contributed by atoms with van der Waals surface area (Å²) in [6.45, 7) is 2.66. The predicted octanol–water partition coefficient (Wildman–Crippen LogP) is 1.84. The Kier molecular flexibility index (Phi) is 5.99. The smallest absolute Gasteiger partial charge is 0.223 e. The molecule has 1 unspecified atom stereocenters. The second kappa shape index (κ2) is 7.26. The minimum absolute atomic E-state index is 0.0169. The largest absolute Gasteiger partial charge is 0.359 e. The fourth-order valence-electron chi connectivity index (χ4n) is 1.83. The van der Waals surface area contributed by atoms with Crippen molar-refractivity contribution in [2.24, 2.45) is 5.92 Å². The standard InChI is InChI=1S/C14H19ClN2O2/c1-10(14(19)16-2)8-17(3)9-13(18)11-4-6-12(15)7-5-11/h4-7,10H,8-9H2,1-3H3,(H,16,19). The first-order valence-corrected chi connectivity index (χ1v) is 6.50. The molecule has 0 aliphatic heterocycles. The Morgan fingerprint density at radius 1 is 1.32 bits per heavy atom. The lowest BCUT2D eigenvalue weighted by molar-refractivity contribution is -0.124. The molecule has 0 fully saturated rings. The molecular formula is C14H19ClN2O2. The van der Waals surface area contributed by atoms with Crippen LogP contribution in [0.25, 0.3) is 0 Å². The number of amides is 1. The molecule has 0 saturated heterocycles. The van der Waals surface area contributed by atoms with E-state index in [1.807, 2.05) is 18.9 Å². The summed E-state index contributed by atoms with van der Waals surface area (Å²) in [6, 6.07) is 6.81. The number of nitrogens with zero attached hydrogens (tertiary/aromatic N) is 1. The number of rotatable bonds is 6. The van der Waals surface area contributed by atoms with E-state index in [9.17, 15) is 9.59 Å². The van der Waals surface area contributed by atoms with Gasteiger partial charge in [0.15, 0.2) is 5.78 Å². The van der Waals surface area contributed by atoms with Gasteiger partial charge in [-0.25, -0.2) is 0 Å². The SMILES string of the molecule is CNC(=O)C(C)CN(C)CC(=O)c1ccc(Cl)cc1. The minimum Gasteiger partial charge on any atom is -0.359 e. The van der Waals surface area contributed by atoms with E-state index in [0.29, 0.717) is 17.1 Å². The summed E-state index contributed by atoms with van der Waals surface area (Å²) in [5.41, 5.74) is 0.629. The minimum atomic E-state index is -0.145. The van der Waals surface area contributed by atoms with Crippen molar-refractivity contribution >= 4 is 23.3 Å². The van der Waals surface area contributed by atoms with Gasteiger partial charge in [0.1, 0.15) is 0 Å². The van der Waals surface area contributed by atoms with Crippen molar-refractivity contribution in [2.45, 2.75) is 6.92 Å². The van der Waals surface area contributed by atoms with Gasteiger partial charge in [-0.05, 0) is 31.3 Å². The van der Waals surface area contributed by atoms with Crippen LogP contribution in [0.1, 0.15) is 17.3 Å². The molecule has 4 nitrogen and oxygen atoms in total. The van der Waals surface area contributed by atoms with Crippen LogP contribution in [0.2, 0.25) is 5.02 Å². The van der Waals surface area contributed by atoms with Gasteiger partial charge < -0.3 is 5.32 Å². The lowest BCUT2D eigenvalue weighted by Crippen LogP contribution is -2.36. The van der Waals surface area contributed by atoms with Gasteiger partial charge in [0, 0.05) is 30.1 Å². The van der Waals surface area contributed by atoms with Gasteiger partial charge >= 0.3 is 0 Å². The van der Waals surface area contributed by atoms with E-state index in [2.05, 4.69) is 5.32 Å². The average molecular weight is 283 g/mol. The highest BCUT2D eigenvalue weighted by Gasteiger charge is 2.16. The van der Waals surface area contributed by atoms with Crippen LogP contribution in [0.15, 0.2) is 24.3 Å². The normalized spacial score (nSPS) is 12.3. The maximum Gasteiger partial charge on any atom is 0.223 e. The number of Topliss-reactive ketones (excluding diaryl/α,β-unsaturated/α-hetero) is 1. The topological polar surface area (TPSA) is 49.4 Å². The molecule has 0 aliphatic carbocycles. The van der Waals surface area contributed by atoms with E-state index in [4.69, 9.17) is 11.6 Å². The van der Waals surface area contributed by atoms with Crippen LogP contribution in [0.4, 0.5) is 0 Å². The van der Waals surface area contributed by atoms with Gasteiger partial charge in [-0.2, -0.15) is 0 Å². The third kappa shape index (κ3) is 5.01. The van der Waals surface area contributed by atoms with Crippen molar-refractivity contribution < 1.29 is 9.59 Å². The van der Waals surface area contributed by atoms with Crippen molar-refractivity contribution in [1.82, 2.24) is 10.2 Å². The van der Waals surface area contributed by atoms with E-state index in [-0.39, 0.29) is 24.2 Å². The molecule has 0 radical (unpaired) electrons. The molecule has 1 N–H and O–H groups in total. The number of carbonyl (C=O) groups is 2. The van der Waals surface area contributed by atoms with Crippen LogP contribution in [0.3, 0.4) is 0 Å². The zero-order chi connectivity index (χ0) is 14.4. The molecule has 1 atom stereocenters. The van der Waals surface area contributed by atoms with Gasteiger partial charge in [-0.1, -0.05) is 18.5 Å². The van der Waals surface area contributed by atoms with Crippen molar-refractivity contribution in [1.29, 1.82) is 0 Å². The Morgan fingerprint density at radius 3 is 2.42 bits per heavy atom. The van der Waals surface area contributed by atoms with Crippen molar-refractivity contribution in [2.75, 3.05) is 27.2 Å². The van der Waals surface area contributed by atoms with E-state index in [1.54, 1.807) is 31.3 Å². The maximum absolute atomic E-state index is 12.0. The number of benzene rings is 1. The molecule has 5 heteroatoms. The summed E-state index contributed by atoms with van der Waals surface area (Å²) in [5.74, 6) is -0.151. The van der Waals surface area contributed by atoms with Crippen LogP contribution in [-0.4, -0.2) is 43.8 Å². The molecule has 0 aliphatic rings. The number of halogens is 1. The zero-order valence-electron chi connectivity index (χ0n) is 11.4. The molecular weight excluding hydrogens is 264 g/mol. The molecule has 0 saturated carbocycles. The molecule has 0 bridgehead atoms. The second-order valence-corrected chi connectivity index (χ2v) is 5.08. The summed E-state index contributed by atoms with van der Waals surface area (Å²) >= 11 is 5.78. The van der Waals surface area contributed by atoms with E-state index < -0.39 is 0 Å². The van der Waals surface area contributed by atoms with Crippen LogP contribution in [-0.2, 0) is 4.79 Å². The fraction of sp³-hybridized carbons (Fsp3) is 0.429. The van der Waals surface area contributed by atoms with Crippen LogP contribution in [0.5, 0.6) is 0 Å². The van der Waals surface area contributed by atoms with Crippen molar-refractivity contribution in [3.05, 3.63) is 34.9 Å². The first-order valence-electron chi connectivity index (χ1n) is 6.13. The fourth-order valence-corrected chi connectivity index (χ4v) is 1.96. The second-order valence-electron chi connectivity index (χ2n) is 4.64. The molecule has 1 aromatic carbocycles. The van der Waals surface area contributed by atoms with Crippen LogP contribution >= 0.6 is 11.6 Å². The molecule has 1 aromatic rings. The summed E-state index contributed by atoms with van der Waals surface area (Å²) in [4.78, 5) is 25.2. The molecule has 1 amide bonds. The first-order chi connectivity index (χ1) is 8.93. The zero-order valence-corrected chi connectivity index (χ0v) is 12.2. The number of hydrogen-bond acceptors (Lipinski definition) is 3. The summed E-state index contributed by atoms with van der Waals surface area (Å²) < 4.78 is 0. The number of hydrogen-bond donors (Lipinski definition) is 1. The van der Waals surface area contributed by atoms with Gasteiger partial charge in [-0.15, -0.1) is 0 Å². The Balaban J connectivity index is 2.52. The third-order valence-electron chi connectivity index (χ3n) is 2.86. The van der Waals surface area contributed by atoms with Gasteiger partial charge in [0.2, 0.25) is 5.91 Å². The lowest BCUT2D eigenvalue weighted by Gasteiger charge is -2.19. The summed E-state index contributed by atoms with van der Waals surface area (Å²) in [6.07, 6.45) is 0. The average Bonchev–Trinajstić information content (AvgIpc) is 2.38. The third-order valence-corrected chi connectivity index (χ3v) is 3.11. The van der Waals surface area contributed by atoms with Gasteiger partial charge in [0.05, 0.1) is 6.54 Å². The molecule has 0 heterocycles. The Labute approximate surface area is 118 Å². The Hall–Kier alpha value is -1.39. The summed E-state index contributed by atoms with van der Waals surface area (Å²) in [5, 5.41) is 3.21. The quantitative estimate of drug-likeness (QED) is 0.810. The molecule has 1 rings (SSSR count). The number of carbonyl (C=O) groups excluding carboxylic acids is 2.